The number of aliphatic hydroxyl groups is 1. The molecule has 0 fully saturated rings. The second kappa shape index (κ2) is 11.6. The molecule has 0 amide bonds. The third-order valence-electron chi connectivity index (χ3n) is 3.62. The topological polar surface area (TPSA) is 157 Å². The van der Waals surface area contributed by atoms with E-state index in [9.17, 15) is 21.9 Å². The molecule has 1 rings (SSSR count). The largest absolute Gasteiger partial charge is 0.494 e. The predicted octanol–water partition coefficient (Wildman–Crippen LogP) is 1.11. The number of rotatable bonds is 14. The van der Waals surface area contributed by atoms with Gasteiger partial charge in [-0.2, -0.15) is 16.8 Å². The molecule has 164 valence electrons. The zero-order chi connectivity index (χ0) is 21.2. The van der Waals surface area contributed by atoms with E-state index < -0.39 is 31.7 Å². The number of hydrogen-bond acceptors (Lipinski definition) is 8. The first kappa shape index (κ1) is 24.7. The van der Waals surface area contributed by atoms with E-state index in [1.54, 1.807) is 6.08 Å². The van der Waals surface area contributed by atoms with E-state index in [2.05, 4.69) is 0 Å². The zero-order valence-electron chi connectivity index (χ0n) is 15.7. The molecule has 0 aromatic rings. The first-order valence-corrected chi connectivity index (χ1v) is 12.1. The lowest BCUT2D eigenvalue weighted by atomic mass is 9.98. The van der Waals surface area contributed by atoms with Crippen molar-refractivity contribution in [2.45, 2.75) is 32.6 Å². The van der Waals surface area contributed by atoms with Gasteiger partial charge in [0.15, 0.2) is 11.5 Å². The maximum Gasteiger partial charge on any atom is 0.264 e. The fraction of sp³-hybridized carbons (Fsp3) is 0.750. The smallest absolute Gasteiger partial charge is 0.264 e. The van der Waals surface area contributed by atoms with Gasteiger partial charge in [0.05, 0.1) is 31.3 Å². The van der Waals surface area contributed by atoms with Crippen molar-refractivity contribution in [1.82, 2.24) is 0 Å². The Labute approximate surface area is 165 Å². The Kier molecular flexibility index (Phi) is 10.2. The molecule has 1 atom stereocenters. The molecular weight excluding hydrogens is 416 g/mol. The molecule has 28 heavy (non-hydrogen) atoms. The van der Waals surface area contributed by atoms with Crippen LogP contribution < -0.4 is 0 Å². The van der Waals surface area contributed by atoms with Crippen molar-refractivity contribution in [2.24, 2.45) is 5.92 Å². The van der Waals surface area contributed by atoms with Crippen molar-refractivity contribution in [3.05, 3.63) is 23.4 Å². The first-order valence-electron chi connectivity index (χ1n) is 8.90. The summed E-state index contributed by atoms with van der Waals surface area (Å²) in [5.74, 6) is -0.255. The Balaban J connectivity index is 2.87. The van der Waals surface area contributed by atoms with Gasteiger partial charge in [0.2, 0.25) is 0 Å². The van der Waals surface area contributed by atoms with Crippen LogP contribution in [0, 0.1) is 5.92 Å². The molecule has 0 aliphatic heterocycles. The van der Waals surface area contributed by atoms with Crippen LogP contribution in [0.1, 0.15) is 32.6 Å². The fourth-order valence-corrected chi connectivity index (χ4v) is 3.35. The summed E-state index contributed by atoms with van der Waals surface area (Å²) in [5.41, 5.74) is 0. The monoisotopic (exact) mass is 444 g/mol. The number of aliphatic hydroxyl groups excluding tert-OH is 1. The van der Waals surface area contributed by atoms with Gasteiger partial charge in [0, 0.05) is 18.9 Å². The quantitative estimate of drug-likeness (QED) is 0.262. The van der Waals surface area contributed by atoms with Crippen molar-refractivity contribution in [3.8, 4) is 0 Å². The van der Waals surface area contributed by atoms with E-state index in [1.165, 1.54) is 0 Å². The van der Waals surface area contributed by atoms with Crippen LogP contribution in [0.2, 0.25) is 0 Å². The minimum Gasteiger partial charge on any atom is -0.494 e. The molecule has 0 spiro atoms. The molecule has 3 N–H and O–H groups in total. The van der Waals surface area contributed by atoms with Crippen molar-refractivity contribution < 1.29 is 45.3 Å². The molecule has 10 nitrogen and oxygen atoms in total. The summed E-state index contributed by atoms with van der Waals surface area (Å²) >= 11 is 0. The third-order valence-corrected chi connectivity index (χ3v) is 5.23. The highest BCUT2D eigenvalue weighted by Gasteiger charge is 2.26. The van der Waals surface area contributed by atoms with Crippen LogP contribution in [0.15, 0.2) is 23.4 Å². The maximum absolute atomic E-state index is 10.8. The molecule has 0 aromatic heterocycles. The lowest BCUT2D eigenvalue weighted by molar-refractivity contribution is 0.100. The number of allylic oxidation sites excluding steroid dienone is 1. The highest BCUT2D eigenvalue weighted by molar-refractivity contribution is 7.86. The molecule has 0 radical (unpaired) electrons. The van der Waals surface area contributed by atoms with Crippen LogP contribution in [0.5, 0.6) is 0 Å². The van der Waals surface area contributed by atoms with Gasteiger partial charge >= 0.3 is 0 Å². The summed E-state index contributed by atoms with van der Waals surface area (Å²) in [6, 6.07) is 0. The molecular formula is C16H28O10S2. The number of hydrogen-bond donors (Lipinski definition) is 3. The summed E-state index contributed by atoms with van der Waals surface area (Å²) in [7, 11) is -8.19. The van der Waals surface area contributed by atoms with Crippen LogP contribution in [-0.2, 0) is 34.4 Å². The zero-order valence-corrected chi connectivity index (χ0v) is 17.4. The normalized spacial score (nSPS) is 18.0. The molecule has 0 heterocycles. The second-order valence-corrected chi connectivity index (χ2v) is 9.40. The average Bonchev–Trinajstić information content (AvgIpc) is 2.59. The van der Waals surface area contributed by atoms with E-state index >= 15 is 0 Å². The fourth-order valence-electron chi connectivity index (χ4n) is 2.39. The molecule has 1 aliphatic rings. The van der Waals surface area contributed by atoms with E-state index in [-0.39, 0.29) is 50.8 Å². The van der Waals surface area contributed by atoms with Gasteiger partial charge in [-0.05, 0) is 25.3 Å². The molecule has 0 unspecified atom stereocenters. The minimum atomic E-state index is -4.10. The van der Waals surface area contributed by atoms with Gasteiger partial charge in [0.25, 0.3) is 20.2 Å². The SMILES string of the molecule is CCCOC1=C[C@H](CO)CC(OCCCS(=O)(=O)O)=C1OCCCS(=O)(=O)O. The Bertz CT molecular complexity index is 752. The van der Waals surface area contributed by atoms with Crippen molar-refractivity contribution >= 4 is 20.2 Å². The highest BCUT2D eigenvalue weighted by Crippen LogP contribution is 2.31. The molecule has 0 aromatic carbocycles. The molecule has 1 aliphatic carbocycles. The standard InChI is InChI=1S/C16H28O10S2/c1-2-5-24-14-10-13(12-17)11-15(25-6-3-8-27(18,19)20)16(14)26-7-4-9-28(21,22)23/h10,13,17H,2-9,11-12H2,1H3,(H,18,19,20)(H,21,22,23)/t13-/m0/s1. The first-order chi connectivity index (χ1) is 13.1. The summed E-state index contributed by atoms with van der Waals surface area (Å²) in [4.78, 5) is 0. The highest BCUT2D eigenvalue weighted by atomic mass is 32.2. The van der Waals surface area contributed by atoms with E-state index in [1.807, 2.05) is 6.92 Å². The van der Waals surface area contributed by atoms with Crippen molar-refractivity contribution in [1.29, 1.82) is 0 Å². The Morgan fingerprint density at radius 2 is 1.54 bits per heavy atom. The summed E-state index contributed by atoms with van der Waals surface area (Å²) in [6.45, 7) is 2.11. The van der Waals surface area contributed by atoms with Gasteiger partial charge in [-0.25, -0.2) is 0 Å². The number of ether oxygens (including phenoxy) is 3. The van der Waals surface area contributed by atoms with Gasteiger partial charge in [-0.15, -0.1) is 0 Å². The summed E-state index contributed by atoms with van der Waals surface area (Å²) in [5, 5.41) is 9.49. The van der Waals surface area contributed by atoms with Crippen LogP contribution in [0.25, 0.3) is 0 Å². The van der Waals surface area contributed by atoms with E-state index in [0.29, 0.717) is 18.1 Å². The van der Waals surface area contributed by atoms with Gasteiger partial charge < -0.3 is 19.3 Å². The Hall–Kier alpha value is -1.34. The molecule has 0 bridgehead atoms. The lowest BCUT2D eigenvalue weighted by Crippen LogP contribution is -2.19. The maximum atomic E-state index is 10.8. The minimum absolute atomic E-state index is 0.00773. The Morgan fingerprint density at radius 1 is 0.964 bits per heavy atom. The Morgan fingerprint density at radius 3 is 2.04 bits per heavy atom. The molecule has 0 saturated carbocycles. The van der Waals surface area contributed by atoms with Crippen LogP contribution in [0.3, 0.4) is 0 Å². The molecule has 12 heteroatoms. The van der Waals surface area contributed by atoms with Crippen molar-refractivity contribution in [3.63, 3.8) is 0 Å². The third kappa shape index (κ3) is 10.3. The second-order valence-electron chi connectivity index (χ2n) is 6.25. The van der Waals surface area contributed by atoms with Gasteiger partial charge in [-0.1, -0.05) is 6.92 Å². The van der Waals surface area contributed by atoms with E-state index in [4.69, 9.17) is 23.3 Å². The van der Waals surface area contributed by atoms with Gasteiger partial charge in [-0.3, -0.25) is 9.11 Å². The lowest BCUT2D eigenvalue weighted by Gasteiger charge is -2.26. The average molecular weight is 445 g/mol. The predicted molar refractivity (Wildman–Crippen MR) is 101 cm³/mol. The van der Waals surface area contributed by atoms with E-state index in [0.717, 1.165) is 6.42 Å². The summed E-state index contributed by atoms with van der Waals surface area (Å²) in [6.07, 6.45) is 2.80. The van der Waals surface area contributed by atoms with Gasteiger partial charge in [0.1, 0.15) is 5.76 Å². The van der Waals surface area contributed by atoms with Crippen molar-refractivity contribution in [2.75, 3.05) is 37.9 Å². The van der Waals surface area contributed by atoms with Crippen LogP contribution >= 0.6 is 0 Å². The molecule has 0 saturated heterocycles. The summed E-state index contributed by atoms with van der Waals surface area (Å²) < 4.78 is 77.7. The van der Waals surface area contributed by atoms with Crippen LogP contribution in [-0.4, -0.2) is 69.0 Å². The van der Waals surface area contributed by atoms with Crippen LogP contribution in [0.4, 0.5) is 0 Å².